The molecule has 1 saturated carbocycles. The third kappa shape index (κ3) is 5.54. The van der Waals surface area contributed by atoms with Crippen molar-refractivity contribution in [1.82, 2.24) is 20.1 Å². The molecule has 6 nitrogen and oxygen atoms in total. The van der Waals surface area contributed by atoms with Crippen LogP contribution in [0.1, 0.15) is 44.1 Å². The number of hydrazone groups is 1. The maximum Gasteiger partial charge on any atom is 0.338 e. The topological polar surface area (TPSA) is 51.2 Å². The van der Waals surface area contributed by atoms with E-state index in [1.54, 1.807) is 5.01 Å². The number of piperazine rings is 1. The molecule has 2 amide bonds. The molecule has 3 aliphatic rings. The van der Waals surface area contributed by atoms with Gasteiger partial charge in [0.2, 0.25) is 0 Å². The minimum atomic E-state index is -0.0459. The van der Waals surface area contributed by atoms with E-state index in [4.69, 9.17) is 16.7 Å². The average molecular weight is 432 g/mol. The SMILES string of the molecule is CN1CCN(CCC2CN(C(=O)NC3CCCCC3)N=C2c2ccc(Cl)cc2)CC1. The number of urea groups is 1. The van der Waals surface area contributed by atoms with Crippen molar-refractivity contribution in [2.75, 3.05) is 46.3 Å². The zero-order valence-electron chi connectivity index (χ0n) is 18.0. The number of carbonyl (C=O) groups excluding carboxylic acids is 1. The molecule has 1 N–H and O–H groups in total. The van der Waals surface area contributed by atoms with Gasteiger partial charge in [0.25, 0.3) is 0 Å². The molecule has 1 aromatic carbocycles. The summed E-state index contributed by atoms with van der Waals surface area (Å²) in [5, 5.41) is 10.4. The molecule has 2 aliphatic heterocycles. The molecule has 30 heavy (non-hydrogen) atoms. The van der Waals surface area contributed by atoms with E-state index in [2.05, 4.69) is 22.2 Å². The van der Waals surface area contributed by atoms with Crippen LogP contribution in [0.25, 0.3) is 0 Å². The first-order chi connectivity index (χ1) is 14.6. The number of halogens is 1. The van der Waals surface area contributed by atoms with Crippen LogP contribution in [0, 0.1) is 5.92 Å². The zero-order valence-corrected chi connectivity index (χ0v) is 18.8. The molecule has 4 rings (SSSR count). The van der Waals surface area contributed by atoms with Gasteiger partial charge in [0.15, 0.2) is 0 Å². The number of hydrogen-bond acceptors (Lipinski definition) is 4. The van der Waals surface area contributed by atoms with Crippen LogP contribution in [-0.4, -0.2) is 78.9 Å². The Morgan fingerprint density at radius 2 is 1.80 bits per heavy atom. The highest BCUT2D eigenvalue weighted by molar-refractivity contribution is 6.30. The van der Waals surface area contributed by atoms with Crippen molar-refractivity contribution in [1.29, 1.82) is 0 Å². The smallest absolute Gasteiger partial charge is 0.334 e. The van der Waals surface area contributed by atoms with E-state index in [1.807, 2.05) is 24.3 Å². The molecule has 0 radical (unpaired) electrons. The van der Waals surface area contributed by atoms with E-state index in [9.17, 15) is 4.79 Å². The largest absolute Gasteiger partial charge is 0.338 e. The maximum atomic E-state index is 12.9. The monoisotopic (exact) mass is 431 g/mol. The Balaban J connectivity index is 1.42. The molecule has 2 heterocycles. The van der Waals surface area contributed by atoms with E-state index < -0.39 is 0 Å². The number of nitrogens with one attached hydrogen (secondary N) is 1. The van der Waals surface area contributed by atoms with Crippen LogP contribution in [0.15, 0.2) is 29.4 Å². The van der Waals surface area contributed by atoms with Gasteiger partial charge in [-0.25, -0.2) is 9.80 Å². The van der Waals surface area contributed by atoms with Gasteiger partial charge in [0.05, 0.1) is 12.3 Å². The van der Waals surface area contributed by atoms with Gasteiger partial charge in [-0.1, -0.05) is 43.0 Å². The third-order valence-corrected chi connectivity index (χ3v) is 6.96. The second-order valence-electron chi connectivity index (χ2n) is 8.99. The van der Waals surface area contributed by atoms with Crippen LogP contribution in [0.3, 0.4) is 0 Å². The lowest BCUT2D eigenvalue weighted by Gasteiger charge is -2.33. The summed E-state index contributed by atoms with van der Waals surface area (Å²) in [6, 6.07) is 8.10. The summed E-state index contributed by atoms with van der Waals surface area (Å²) in [5.41, 5.74) is 2.08. The van der Waals surface area contributed by atoms with Crippen molar-refractivity contribution in [2.24, 2.45) is 11.0 Å². The molecule has 1 aromatic rings. The fourth-order valence-corrected chi connectivity index (χ4v) is 4.85. The molecule has 7 heteroatoms. The molecule has 1 unspecified atom stereocenters. The third-order valence-electron chi connectivity index (χ3n) is 6.71. The van der Waals surface area contributed by atoms with Crippen molar-refractivity contribution in [2.45, 2.75) is 44.6 Å². The highest BCUT2D eigenvalue weighted by atomic mass is 35.5. The highest BCUT2D eigenvalue weighted by Gasteiger charge is 2.32. The van der Waals surface area contributed by atoms with Gasteiger partial charge in [0.1, 0.15) is 0 Å². The van der Waals surface area contributed by atoms with E-state index in [0.717, 1.165) is 68.3 Å². The lowest BCUT2D eigenvalue weighted by atomic mass is 9.94. The fraction of sp³-hybridized carbons (Fsp3) is 0.652. The zero-order chi connectivity index (χ0) is 20.9. The van der Waals surface area contributed by atoms with Gasteiger partial charge in [-0.15, -0.1) is 0 Å². The number of rotatable bonds is 5. The van der Waals surface area contributed by atoms with E-state index in [-0.39, 0.29) is 11.9 Å². The summed E-state index contributed by atoms with van der Waals surface area (Å²) in [6.45, 7) is 6.18. The molecule has 164 valence electrons. The van der Waals surface area contributed by atoms with Crippen LogP contribution in [0.4, 0.5) is 4.79 Å². The summed E-state index contributed by atoms with van der Waals surface area (Å²) in [6.07, 6.45) is 6.87. The Morgan fingerprint density at radius 1 is 1.10 bits per heavy atom. The molecule has 0 spiro atoms. The van der Waals surface area contributed by atoms with Crippen LogP contribution in [0.5, 0.6) is 0 Å². The van der Waals surface area contributed by atoms with Crippen LogP contribution in [0.2, 0.25) is 5.02 Å². The number of nitrogens with zero attached hydrogens (tertiary/aromatic N) is 4. The molecular formula is C23H34ClN5O. The maximum absolute atomic E-state index is 12.9. The Hall–Kier alpha value is -1.63. The molecular weight excluding hydrogens is 398 g/mol. The minimum Gasteiger partial charge on any atom is -0.334 e. The molecule has 1 aliphatic carbocycles. The lowest BCUT2D eigenvalue weighted by Crippen LogP contribution is -2.45. The van der Waals surface area contributed by atoms with Gasteiger partial charge in [-0.2, -0.15) is 5.10 Å². The second kappa shape index (κ2) is 10.1. The van der Waals surface area contributed by atoms with E-state index >= 15 is 0 Å². The summed E-state index contributed by atoms with van der Waals surface area (Å²) >= 11 is 6.09. The Labute approximate surface area is 185 Å². The van der Waals surface area contributed by atoms with Gasteiger partial charge < -0.3 is 15.1 Å². The van der Waals surface area contributed by atoms with Crippen LogP contribution < -0.4 is 5.32 Å². The molecule has 1 atom stereocenters. The number of carbonyl (C=O) groups is 1. The van der Waals surface area contributed by atoms with Crippen molar-refractivity contribution >= 4 is 23.3 Å². The Morgan fingerprint density at radius 3 is 2.50 bits per heavy atom. The number of hydrogen-bond donors (Lipinski definition) is 1. The minimum absolute atomic E-state index is 0.0459. The normalized spacial score (nSPS) is 24.1. The summed E-state index contributed by atoms with van der Waals surface area (Å²) in [5.74, 6) is 0.253. The second-order valence-corrected chi connectivity index (χ2v) is 9.43. The lowest BCUT2D eigenvalue weighted by molar-refractivity contribution is 0.148. The van der Waals surface area contributed by atoms with Gasteiger partial charge in [-0.05, 0) is 50.6 Å². The quantitative estimate of drug-likeness (QED) is 0.774. The average Bonchev–Trinajstić information content (AvgIpc) is 3.19. The molecule has 1 saturated heterocycles. The van der Waals surface area contributed by atoms with E-state index in [1.165, 1.54) is 19.3 Å². The number of benzene rings is 1. The Kier molecular flexibility index (Phi) is 7.28. The van der Waals surface area contributed by atoms with E-state index in [0.29, 0.717) is 12.6 Å². The van der Waals surface area contributed by atoms with Gasteiger partial charge >= 0.3 is 6.03 Å². The predicted octanol–water partition coefficient (Wildman–Crippen LogP) is 3.66. The summed E-state index contributed by atoms with van der Waals surface area (Å²) < 4.78 is 0. The number of amides is 2. The first kappa shape index (κ1) is 21.6. The first-order valence-electron chi connectivity index (χ1n) is 11.4. The van der Waals surface area contributed by atoms with Crippen LogP contribution >= 0.6 is 11.6 Å². The van der Waals surface area contributed by atoms with Crippen molar-refractivity contribution in [3.05, 3.63) is 34.9 Å². The molecule has 0 bridgehead atoms. The van der Waals surface area contributed by atoms with Gasteiger partial charge in [0, 0.05) is 43.2 Å². The highest BCUT2D eigenvalue weighted by Crippen LogP contribution is 2.25. The fourth-order valence-electron chi connectivity index (χ4n) is 4.72. The van der Waals surface area contributed by atoms with Crippen molar-refractivity contribution in [3.63, 3.8) is 0 Å². The van der Waals surface area contributed by atoms with Crippen LogP contribution in [-0.2, 0) is 0 Å². The Bertz CT molecular complexity index is 738. The van der Waals surface area contributed by atoms with Crippen molar-refractivity contribution in [3.8, 4) is 0 Å². The molecule has 0 aromatic heterocycles. The summed E-state index contributed by atoms with van der Waals surface area (Å²) in [4.78, 5) is 17.8. The number of likely N-dealkylation sites (N-methyl/N-ethyl adjacent to an activating group) is 1. The predicted molar refractivity (Wildman–Crippen MR) is 122 cm³/mol. The first-order valence-corrected chi connectivity index (χ1v) is 11.8. The standard InChI is InChI=1S/C23H34ClN5O/c1-27-13-15-28(16-14-27)12-11-19-17-29(23(30)25-21-5-3-2-4-6-21)26-22(19)18-7-9-20(24)10-8-18/h7-10,19,21H,2-6,11-17H2,1H3,(H,25,30). The van der Waals surface area contributed by atoms with Gasteiger partial charge in [-0.3, -0.25) is 0 Å². The summed E-state index contributed by atoms with van der Waals surface area (Å²) in [7, 11) is 2.18. The molecule has 2 fully saturated rings. The van der Waals surface area contributed by atoms with Crippen molar-refractivity contribution < 1.29 is 4.79 Å².